The van der Waals surface area contributed by atoms with Gasteiger partial charge in [0.1, 0.15) is 6.07 Å². The van der Waals surface area contributed by atoms with Gasteiger partial charge in [0.15, 0.2) is 5.69 Å². The number of carbonyl (C=O) groups excluding carboxylic acids is 3. The Bertz CT molecular complexity index is 1170. The number of nitrogens with zero attached hydrogens (tertiary/aromatic N) is 3. The van der Waals surface area contributed by atoms with Crippen LogP contribution in [0, 0.1) is 23.2 Å². The summed E-state index contributed by atoms with van der Waals surface area (Å²) in [6, 6.07) is 10.3. The van der Waals surface area contributed by atoms with Crippen LogP contribution in [0.3, 0.4) is 0 Å². The number of nitrogens with two attached hydrogens (primary N) is 1. The van der Waals surface area contributed by atoms with E-state index in [4.69, 9.17) is 10.5 Å². The van der Waals surface area contributed by atoms with Crippen molar-refractivity contribution >= 4 is 29.2 Å². The number of nitriles is 1. The van der Waals surface area contributed by atoms with E-state index in [0.29, 0.717) is 11.4 Å². The Labute approximate surface area is 172 Å². The molecule has 2 aromatic rings. The molecular weight excluding hydrogens is 384 g/mol. The number of esters is 1. The Balaban J connectivity index is 1.69. The number of imide groups is 1. The Morgan fingerprint density at radius 2 is 1.87 bits per heavy atom. The van der Waals surface area contributed by atoms with E-state index in [-0.39, 0.29) is 35.4 Å². The average molecular weight is 402 g/mol. The molecule has 1 aromatic heterocycles. The number of nitrogen functional groups attached to an aromatic ring is 1. The van der Waals surface area contributed by atoms with Crippen molar-refractivity contribution in [3.63, 3.8) is 0 Å². The zero-order valence-corrected chi connectivity index (χ0v) is 16.1. The number of para-hydroxylation sites is 1. The van der Waals surface area contributed by atoms with E-state index in [1.54, 1.807) is 35.8 Å². The van der Waals surface area contributed by atoms with Gasteiger partial charge in [-0.25, -0.2) is 9.69 Å². The standard InChI is InChI=1S/C22H18N4O4/c1-2-30-22(29)19-17(24)13(10-23)18-12-8-9-14(26(18)19)16-15(12)20(27)25(21(16)28)11-6-4-3-5-7-11/h3-9,12,14-16H,2,24H2,1H3/t12-,14-,15-,16-/m0/s1. The van der Waals surface area contributed by atoms with Gasteiger partial charge in [-0.15, -0.1) is 0 Å². The predicted octanol–water partition coefficient (Wildman–Crippen LogP) is 2.13. The second-order valence-corrected chi connectivity index (χ2v) is 7.53. The fraction of sp³-hybridized carbons (Fsp3) is 0.273. The molecule has 8 nitrogen and oxygen atoms in total. The minimum absolute atomic E-state index is 0.0319. The first kappa shape index (κ1) is 18.2. The molecule has 0 spiro atoms. The molecule has 2 amide bonds. The lowest BCUT2D eigenvalue weighted by molar-refractivity contribution is -0.122. The predicted molar refractivity (Wildman–Crippen MR) is 106 cm³/mol. The maximum atomic E-state index is 13.4. The summed E-state index contributed by atoms with van der Waals surface area (Å²) in [7, 11) is 0. The third-order valence-electron chi connectivity index (χ3n) is 6.16. The molecule has 2 N–H and O–H groups in total. The van der Waals surface area contributed by atoms with Gasteiger partial charge in [0.05, 0.1) is 41.4 Å². The van der Waals surface area contributed by atoms with Crippen molar-refractivity contribution in [1.29, 1.82) is 5.26 Å². The summed E-state index contributed by atoms with van der Waals surface area (Å²) in [5, 5.41) is 9.73. The molecule has 1 fully saturated rings. The lowest BCUT2D eigenvalue weighted by Crippen LogP contribution is -2.42. The number of aromatic nitrogens is 1. The molecular formula is C22H18N4O4. The molecule has 4 heterocycles. The summed E-state index contributed by atoms with van der Waals surface area (Å²) in [5.74, 6) is -3.11. The van der Waals surface area contributed by atoms with Crippen molar-refractivity contribution < 1.29 is 19.1 Å². The Morgan fingerprint density at radius 1 is 1.17 bits per heavy atom. The van der Waals surface area contributed by atoms with Gasteiger partial charge in [-0.05, 0) is 19.1 Å². The van der Waals surface area contributed by atoms with Gasteiger partial charge < -0.3 is 15.0 Å². The zero-order chi connectivity index (χ0) is 21.2. The van der Waals surface area contributed by atoms with E-state index in [2.05, 4.69) is 6.07 Å². The molecule has 0 unspecified atom stereocenters. The van der Waals surface area contributed by atoms with Crippen LogP contribution in [0.4, 0.5) is 11.4 Å². The summed E-state index contributed by atoms with van der Waals surface area (Å²) in [6.07, 6.45) is 3.66. The number of benzene rings is 1. The number of allylic oxidation sites excluding steroid dienone is 2. The maximum Gasteiger partial charge on any atom is 0.357 e. The first-order valence-corrected chi connectivity index (χ1v) is 9.73. The van der Waals surface area contributed by atoms with Crippen molar-refractivity contribution in [2.75, 3.05) is 17.2 Å². The van der Waals surface area contributed by atoms with Crippen molar-refractivity contribution in [2.24, 2.45) is 11.8 Å². The number of carbonyl (C=O) groups is 3. The SMILES string of the molecule is CCOC(=O)c1c(N)c(C#N)c2n1[C@H]1C=C[C@H]2[C@@H]2C(=O)N(c3ccccc3)C(=O)[C@H]21. The van der Waals surface area contributed by atoms with Crippen LogP contribution >= 0.6 is 0 Å². The molecule has 0 radical (unpaired) electrons. The highest BCUT2D eigenvalue weighted by Crippen LogP contribution is 2.56. The highest BCUT2D eigenvalue weighted by atomic mass is 16.5. The summed E-state index contributed by atoms with van der Waals surface area (Å²) in [5.41, 5.74) is 7.44. The number of ether oxygens (including phenoxy) is 1. The number of hydrogen-bond donors (Lipinski definition) is 1. The molecule has 2 bridgehead atoms. The Hall–Kier alpha value is -3.86. The van der Waals surface area contributed by atoms with Crippen LogP contribution in [0.25, 0.3) is 0 Å². The van der Waals surface area contributed by atoms with Crippen LogP contribution in [0.1, 0.15) is 40.6 Å². The maximum absolute atomic E-state index is 13.4. The highest BCUT2D eigenvalue weighted by Gasteiger charge is 2.60. The van der Waals surface area contributed by atoms with Crippen LogP contribution in [-0.4, -0.2) is 29.0 Å². The minimum atomic E-state index is -0.674. The van der Waals surface area contributed by atoms with Crippen molar-refractivity contribution in [1.82, 2.24) is 4.57 Å². The Kier molecular flexibility index (Phi) is 3.83. The van der Waals surface area contributed by atoms with E-state index in [1.165, 1.54) is 4.90 Å². The van der Waals surface area contributed by atoms with E-state index in [0.717, 1.165) is 0 Å². The number of anilines is 2. The molecule has 6 rings (SSSR count). The quantitative estimate of drug-likeness (QED) is 0.477. The monoisotopic (exact) mass is 402 g/mol. The number of amides is 2. The van der Waals surface area contributed by atoms with Gasteiger partial charge in [-0.2, -0.15) is 5.26 Å². The van der Waals surface area contributed by atoms with Crippen molar-refractivity contribution in [3.8, 4) is 6.07 Å². The van der Waals surface area contributed by atoms with Crippen LogP contribution in [-0.2, 0) is 14.3 Å². The molecule has 0 saturated carbocycles. The average Bonchev–Trinajstić information content (AvgIpc) is 3.21. The summed E-state index contributed by atoms with van der Waals surface area (Å²) in [4.78, 5) is 40.6. The van der Waals surface area contributed by atoms with E-state index in [9.17, 15) is 19.6 Å². The fourth-order valence-corrected chi connectivity index (χ4v) is 5.05. The van der Waals surface area contributed by atoms with Gasteiger partial charge in [0.25, 0.3) is 0 Å². The van der Waals surface area contributed by atoms with E-state index in [1.807, 2.05) is 18.2 Å². The Morgan fingerprint density at radius 3 is 2.53 bits per heavy atom. The molecule has 8 heteroatoms. The number of hydrogen-bond acceptors (Lipinski definition) is 6. The first-order valence-electron chi connectivity index (χ1n) is 9.73. The normalized spacial score (nSPS) is 25.8. The lowest BCUT2D eigenvalue weighted by atomic mass is 9.69. The third-order valence-corrected chi connectivity index (χ3v) is 6.16. The lowest BCUT2D eigenvalue weighted by Gasteiger charge is -2.41. The fourth-order valence-electron chi connectivity index (χ4n) is 5.05. The smallest absolute Gasteiger partial charge is 0.357 e. The van der Waals surface area contributed by atoms with Gasteiger partial charge >= 0.3 is 5.97 Å². The summed E-state index contributed by atoms with van der Waals surface area (Å²) < 4.78 is 6.79. The molecule has 150 valence electrons. The molecule has 3 aliphatic heterocycles. The summed E-state index contributed by atoms with van der Waals surface area (Å²) in [6.45, 7) is 1.83. The van der Waals surface area contributed by atoms with Crippen molar-refractivity contribution in [2.45, 2.75) is 18.9 Å². The molecule has 4 atom stereocenters. The number of rotatable bonds is 3. The van der Waals surface area contributed by atoms with Crippen molar-refractivity contribution in [3.05, 3.63) is 59.4 Å². The molecule has 30 heavy (non-hydrogen) atoms. The van der Waals surface area contributed by atoms with Gasteiger partial charge in [-0.1, -0.05) is 30.4 Å². The first-order chi connectivity index (χ1) is 14.5. The second-order valence-electron chi connectivity index (χ2n) is 7.53. The van der Waals surface area contributed by atoms with E-state index < -0.39 is 29.8 Å². The minimum Gasteiger partial charge on any atom is -0.461 e. The third kappa shape index (κ3) is 2.12. The summed E-state index contributed by atoms with van der Waals surface area (Å²) >= 11 is 0. The molecule has 1 saturated heterocycles. The van der Waals surface area contributed by atoms with Crippen LogP contribution in [0.5, 0.6) is 0 Å². The van der Waals surface area contributed by atoms with Crippen LogP contribution in [0.2, 0.25) is 0 Å². The zero-order valence-electron chi connectivity index (χ0n) is 16.1. The largest absolute Gasteiger partial charge is 0.461 e. The highest BCUT2D eigenvalue weighted by molar-refractivity contribution is 6.23. The van der Waals surface area contributed by atoms with Gasteiger partial charge in [-0.3, -0.25) is 9.59 Å². The van der Waals surface area contributed by atoms with Gasteiger partial charge in [0.2, 0.25) is 11.8 Å². The molecule has 1 aromatic carbocycles. The van der Waals surface area contributed by atoms with Crippen LogP contribution in [0.15, 0.2) is 42.5 Å². The second kappa shape index (κ2) is 6.32. The van der Waals surface area contributed by atoms with E-state index >= 15 is 0 Å². The van der Waals surface area contributed by atoms with Crippen LogP contribution < -0.4 is 10.6 Å². The topological polar surface area (TPSA) is 118 Å². The van der Waals surface area contributed by atoms with Gasteiger partial charge in [0, 0.05) is 11.6 Å². The molecule has 4 aliphatic rings. The molecule has 1 aliphatic carbocycles.